The van der Waals surface area contributed by atoms with Crippen molar-refractivity contribution >= 4 is 29.9 Å². The monoisotopic (exact) mass is 555 g/mol. The van der Waals surface area contributed by atoms with Crippen molar-refractivity contribution in [1.82, 2.24) is 20.4 Å². The molecule has 0 aliphatic rings. The fraction of sp³-hybridized carbons (Fsp3) is 0.304. The molecule has 6 nitrogen and oxygen atoms in total. The molecule has 0 radical (unpaired) electrons. The van der Waals surface area contributed by atoms with Crippen LogP contribution in [0.1, 0.15) is 23.2 Å². The molecule has 0 saturated carbocycles. The maximum absolute atomic E-state index is 12.6. The zero-order chi connectivity index (χ0) is 22.1. The van der Waals surface area contributed by atoms with E-state index in [1.165, 1.54) is 11.6 Å². The molecule has 172 valence electrons. The molecule has 32 heavy (non-hydrogen) atoms. The molecule has 0 amide bonds. The van der Waals surface area contributed by atoms with Crippen LogP contribution in [-0.4, -0.2) is 35.9 Å². The summed E-state index contributed by atoms with van der Waals surface area (Å²) >= 11 is 0. The molecule has 0 unspecified atom stereocenters. The number of benzene rings is 2. The van der Waals surface area contributed by atoms with E-state index in [4.69, 9.17) is 0 Å². The molecule has 9 heteroatoms. The summed E-state index contributed by atoms with van der Waals surface area (Å²) in [6.45, 7) is 0.200. The Morgan fingerprint density at radius 1 is 1.06 bits per heavy atom. The molecule has 0 bridgehead atoms. The third-order valence-corrected chi connectivity index (χ3v) is 4.80. The van der Waals surface area contributed by atoms with Crippen molar-refractivity contribution in [1.29, 1.82) is 0 Å². The van der Waals surface area contributed by atoms with Gasteiger partial charge < -0.3 is 15.4 Å². The number of halogens is 3. The lowest BCUT2D eigenvalue weighted by Crippen LogP contribution is -2.37. The lowest BCUT2D eigenvalue weighted by molar-refractivity contribution is -0.0504. The molecule has 0 atom stereocenters. The first-order valence-corrected chi connectivity index (χ1v) is 10.1. The summed E-state index contributed by atoms with van der Waals surface area (Å²) in [7, 11) is 1.67. The SMILES string of the molecule is CN=C(NCCCc1cn(-c2ccccc2)nc1C)NCc1ccccc1OC(F)F.I. The van der Waals surface area contributed by atoms with Crippen molar-refractivity contribution in [3.05, 3.63) is 77.6 Å². The highest BCUT2D eigenvalue weighted by Gasteiger charge is 2.10. The molecule has 0 spiro atoms. The predicted molar refractivity (Wildman–Crippen MR) is 133 cm³/mol. The Morgan fingerprint density at radius 3 is 2.50 bits per heavy atom. The fourth-order valence-electron chi connectivity index (χ4n) is 3.20. The van der Waals surface area contributed by atoms with Gasteiger partial charge in [0.05, 0.1) is 11.4 Å². The normalized spacial score (nSPS) is 11.2. The van der Waals surface area contributed by atoms with Gasteiger partial charge in [-0.25, -0.2) is 4.68 Å². The summed E-state index contributed by atoms with van der Waals surface area (Å²) in [6.07, 6.45) is 3.85. The van der Waals surface area contributed by atoms with Gasteiger partial charge in [0.15, 0.2) is 5.96 Å². The molecule has 0 saturated heterocycles. The van der Waals surface area contributed by atoms with Crippen molar-refractivity contribution in [2.24, 2.45) is 4.99 Å². The molecule has 3 aromatic rings. The fourth-order valence-corrected chi connectivity index (χ4v) is 3.20. The van der Waals surface area contributed by atoms with Gasteiger partial charge in [-0.3, -0.25) is 4.99 Å². The Kier molecular flexibility index (Phi) is 10.4. The van der Waals surface area contributed by atoms with Crippen molar-refractivity contribution in [3.8, 4) is 11.4 Å². The van der Waals surface area contributed by atoms with Crippen molar-refractivity contribution in [2.45, 2.75) is 32.9 Å². The number of para-hydroxylation sites is 2. The molecule has 0 fully saturated rings. The van der Waals surface area contributed by atoms with Gasteiger partial charge in [0.1, 0.15) is 5.75 Å². The summed E-state index contributed by atoms with van der Waals surface area (Å²) in [5.41, 5.74) is 3.89. The highest BCUT2D eigenvalue weighted by molar-refractivity contribution is 14.0. The zero-order valence-electron chi connectivity index (χ0n) is 18.1. The summed E-state index contributed by atoms with van der Waals surface area (Å²) in [5, 5.41) is 11.0. The van der Waals surface area contributed by atoms with Gasteiger partial charge >= 0.3 is 6.61 Å². The number of hydrogen-bond acceptors (Lipinski definition) is 3. The number of guanidine groups is 1. The van der Waals surface area contributed by atoms with Crippen LogP contribution in [0.2, 0.25) is 0 Å². The van der Waals surface area contributed by atoms with E-state index in [0.717, 1.165) is 24.2 Å². The van der Waals surface area contributed by atoms with Gasteiger partial charge in [0.2, 0.25) is 0 Å². The number of nitrogens with one attached hydrogen (secondary N) is 2. The van der Waals surface area contributed by atoms with Gasteiger partial charge in [0, 0.05) is 31.9 Å². The first-order chi connectivity index (χ1) is 15.1. The predicted octanol–water partition coefficient (Wildman–Crippen LogP) is 4.70. The largest absolute Gasteiger partial charge is 0.434 e. The summed E-state index contributed by atoms with van der Waals surface area (Å²) < 4.78 is 31.6. The minimum Gasteiger partial charge on any atom is -0.434 e. The van der Waals surface area contributed by atoms with Crippen LogP contribution in [0.5, 0.6) is 5.75 Å². The van der Waals surface area contributed by atoms with Crippen LogP contribution in [0, 0.1) is 6.92 Å². The number of aliphatic imine (C=N–C) groups is 1. The topological polar surface area (TPSA) is 63.5 Å². The van der Waals surface area contributed by atoms with E-state index in [-0.39, 0.29) is 29.7 Å². The molecule has 2 N–H and O–H groups in total. The Morgan fingerprint density at radius 2 is 1.78 bits per heavy atom. The minimum atomic E-state index is -2.85. The number of aromatic nitrogens is 2. The smallest absolute Gasteiger partial charge is 0.387 e. The molecule has 1 aromatic heterocycles. The maximum atomic E-state index is 12.6. The Hall–Kier alpha value is -2.69. The number of rotatable bonds is 9. The van der Waals surface area contributed by atoms with Crippen LogP contribution in [0.25, 0.3) is 5.69 Å². The second-order valence-corrected chi connectivity index (χ2v) is 6.96. The Labute approximate surface area is 204 Å². The van der Waals surface area contributed by atoms with Crippen LogP contribution in [-0.2, 0) is 13.0 Å². The molecular formula is C23H28F2IN5O. The van der Waals surface area contributed by atoms with E-state index < -0.39 is 6.61 Å². The van der Waals surface area contributed by atoms with Crippen LogP contribution in [0.3, 0.4) is 0 Å². The van der Waals surface area contributed by atoms with E-state index in [9.17, 15) is 8.78 Å². The van der Waals surface area contributed by atoms with Crippen LogP contribution in [0.4, 0.5) is 8.78 Å². The second-order valence-electron chi connectivity index (χ2n) is 6.96. The molecule has 3 rings (SSSR count). The number of aryl methyl sites for hydroxylation is 2. The number of hydrogen-bond donors (Lipinski definition) is 2. The number of alkyl halides is 2. The molecule has 0 aliphatic heterocycles. The Bertz CT molecular complexity index is 995. The second kappa shape index (κ2) is 13.0. The van der Waals surface area contributed by atoms with E-state index in [2.05, 4.69) is 31.7 Å². The Balaban J connectivity index is 0.00000363. The first kappa shape index (κ1) is 25.6. The molecule has 2 aromatic carbocycles. The van der Waals surface area contributed by atoms with Crippen molar-refractivity contribution in [3.63, 3.8) is 0 Å². The van der Waals surface area contributed by atoms with E-state index in [1.807, 2.05) is 41.9 Å². The lowest BCUT2D eigenvalue weighted by Gasteiger charge is -2.14. The highest BCUT2D eigenvalue weighted by Crippen LogP contribution is 2.20. The van der Waals surface area contributed by atoms with Crippen LogP contribution >= 0.6 is 24.0 Å². The molecule has 1 heterocycles. The average molecular weight is 555 g/mol. The van der Waals surface area contributed by atoms with E-state index >= 15 is 0 Å². The molecular weight excluding hydrogens is 527 g/mol. The quantitative estimate of drug-likeness (QED) is 0.174. The summed E-state index contributed by atoms with van der Waals surface area (Å²) in [5.74, 6) is 0.759. The first-order valence-electron chi connectivity index (χ1n) is 10.1. The van der Waals surface area contributed by atoms with Gasteiger partial charge in [0.25, 0.3) is 0 Å². The third-order valence-electron chi connectivity index (χ3n) is 4.80. The van der Waals surface area contributed by atoms with E-state index in [1.54, 1.807) is 25.2 Å². The third kappa shape index (κ3) is 7.47. The standard InChI is InChI=1S/C23H27F2N5O.HI/c1-17-19(16-30(29-17)20-11-4-3-5-12-20)10-8-14-27-23(26-2)28-15-18-9-6-7-13-21(18)31-22(24)25;/h3-7,9,11-13,16,22H,8,10,14-15H2,1-2H3,(H2,26,27,28);1H. The van der Waals surface area contributed by atoms with Crippen molar-refractivity contribution < 1.29 is 13.5 Å². The summed E-state index contributed by atoms with van der Waals surface area (Å²) in [6, 6.07) is 16.7. The van der Waals surface area contributed by atoms with Gasteiger partial charge in [-0.05, 0) is 43.5 Å². The maximum Gasteiger partial charge on any atom is 0.387 e. The van der Waals surface area contributed by atoms with Gasteiger partial charge in [-0.15, -0.1) is 24.0 Å². The van der Waals surface area contributed by atoms with Crippen molar-refractivity contribution in [2.75, 3.05) is 13.6 Å². The highest BCUT2D eigenvalue weighted by atomic mass is 127. The van der Waals surface area contributed by atoms with Crippen LogP contribution in [0.15, 0.2) is 65.8 Å². The zero-order valence-corrected chi connectivity index (χ0v) is 20.4. The lowest BCUT2D eigenvalue weighted by atomic mass is 10.1. The number of ether oxygens (including phenoxy) is 1. The minimum absolute atomic E-state index is 0. The van der Waals surface area contributed by atoms with Crippen LogP contribution < -0.4 is 15.4 Å². The average Bonchev–Trinajstić information content (AvgIpc) is 3.15. The number of nitrogens with zero attached hydrogens (tertiary/aromatic N) is 3. The van der Waals surface area contributed by atoms with E-state index in [0.29, 0.717) is 24.6 Å². The summed E-state index contributed by atoms with van der Waals surface area (Å²) in [4.78, 5) is 4.19. The molecule has 0 aliphatic carbocycles. The van der Waals surface area contributed by atoms with Gasteiger partial charge in [-0.1, -0.05) is 36.4 Å². The van der Waals surface area contributed by atoms with Gasteiger partial charge in [-0.2, -0.15) is 13.9 Å².